The van der Waals surface area contributed by atoms with Crippen LogP contribution in [0, 0.1) is 0 Å². The molecule has 0 saturated carbocycles. The summed E-state index contributed by atoms with van der Waals surface area (Å²) in [5.41, 5.74) is 14.5. The van der Waals surface area contributed by atoms with Crippen LogP contribution in [0.1, 0.15) is 24.4 Å². The molecule has 0 radical (unpaired) electrons. The van der Waals surface area contributed by atoms with Crippen molar-refractivity contribution in [3.05, 3.63) is 48.0 Å². The number of rotatable bonds is 4. The number of primary amides is 1. The molecule has 4 nitrogen and oxygen atoms in total. The van der Waals surface area contributed by atoms with Crippen LogP contribution in [0.25, 0.3) is 21.8 Å². The predicted octanol–water partition coefficient (Wildman–Crippen LogP) is 2.59. The van der Waals surface area contributed by atoms with Crippen molar-refractivity contribution in [1.29, 1.82) is 0 Å². The van der Waals surface area contributed by atoms with E-state index in [1.807, 2.05) is 24.3 Å². The Morgan fingerprint density at radius 2 is 1.85 bits per heavy atom. The Morgan fingerprint density at radius 1 is 1.10 bits per heavy atom. The van der Waals surface area contributed by atoms with E-state index in [2.05, 4.69) is 23.2 Å². The van der Waals surface area contributed by atoms with Gasteiger partial charge in [0, 0.05) is 34.3 Å². The van der Waals surface area contributed by atoms with Crippen molar-refractivity contribution in [2.24, 2.45) is 11.5 Å². The third-order valence-corrected chi connectivity index (χ3v) is 3.66. The van der Waals surface area contributed by atoms with Gasteiger partial charge in [-0.2, -0.15) is 0 Å². The number of nitrogens with one attached hydrogen (secondary N) is 1. The lowest BCUT2D eigenvalue weighted by Crippen LogP contribution is -2.16. The van der Waals surface area contributed by atoms with Crippen molar-refractivity contribution >= 4 is 27.7 Å². The Bertz CT molecular complexity index is 776. The average molecular weight is 267 g/mol. The molecule has 1 atom stereocenters. The number of nitrogens with two attached hydrogens (primary N) is 2. The number of carbonyl (C=O) groups is 1. The summed E-state index contributed by atoms with van der Waals surface area (Å²) in [6.07, 6.45) is 0.885. The van der Waals surface area contributed by atoms with Gasteiger partial charge in [0.1, 0.15) is 0 Å². The van der Waals surface area contributed by atoms with E-state index < -0.39 is 0 Å². The summed E-state index contributed by atoms with van der Waals surface area (Å²) in [5, 5.41) is 2.35. The Morgan fingerprint density at radius 3 is 2.65 bits per heavy atom. The molecule has 5 N–H and O–H groups in total. The maximum Gasteiger partial charge on any atom is 0.217 e. The molecule has 3 aromatic rings. The molecule has 1 aromatic heterocycles. The van der Waals surface area contributed by atoms with Crippen molar-refractivity contribution < 1.29 is 4.79 Å². The first-order chi connectivity index (χ1) is 9.65. The second kappa shape index (κ2) is 4.98. The summed E-state index contributed by atoms with van der Waals surface area (Å²) in [4.78, 5) is 14.2. The van der Waals surface area contributed by atoms with Gasteiger partial charge in [-0.25, -0.2) is 0 Å². The van der Waals surface area contributed by atoms with Gasteiger partial charge in [-0.15, -0.1) is 0 Å². The lowest BCUT2D eigenvalue weighted by Gasteiger charge is -2.11. The Kier molecular flexibility index (Phi) is 3.16. The quantitative estimate of drug-likeness (QED) is 0.678. The highest BCUT2D eigenvalue weighted by molar-refractivity contribution is 6.07. The topological polar surface area (TPSA) is 84.9 Å². The van der Waals surface area contributed by atoms with Crippen molar-refractivity contribution in [2.45, 2.75) is 18.9 Å². The molecule has 20 heavy (non-hydrogen) atoms. The SMILES string of the molecule is NC(=O)CCC(N)c1ccc2[nH]c3ccccc3c2c1. The minimum absolute atomic E-state index is 0.166. The zero-order valence-corrected chi connectivity index (χ0v) is 11.1. The number of aromatic nitrogens is 1. The number of para-hydroxylation sites is 1. The molecule has 0 aliphatic carbocycles. The molecule has 2 aromatic carbocycles. The van der Waals surface area contributed by atoms with Crippen LogP contribution in [-0.4, -0.2) is 10.9 Å². The van der Waals surface area contributed by atoms with Gasteiger partial charge in [-0.1, -0.05) is 24.3 Å². The van der Waals surface area contributed by atoms with Gasteiger partial charge >= 0.3 is 0 Å². The van der Waals surface area contributed by atoms with Crippen LogP contribution < -0.4 is 11.5 Å². The zero-order valence-electron chi connectivity index (χ0n) is 11.1. The van der Waals surface area contributed by atoms with Gasteiger partial charge in [-0.05, 0) is 30.2 Å². The summed E-state index contributed by atoms with van der Waals surface area (Å²) in [6.45, 7) is 0. The third kappa shape index (κ3) is 2.26. The average Bonchev–Trinajstić information content (AvgIpc) is 2.82. The van der Waals surface area contributed by atoms with E-state index in [4.69, 9.17) is 11.5 Å². The number of carbonyl (C=O) groups excluding carboxylic acids is 1. The molecular weight excluding hydrogens is 250 g/mol. The molecule has 102 valence electrons. The van der Waals surface area contributed by atoms with Crippen molar-refractivity contribution in [1.82, 2.24) is 4.98 Å². The first kappa shape index (κ1) is 12.7. The van der Waals surface area contributed by atoms with E-state index in [0.29, 0.717) is 12.8 Å². The monoisotopic (exact) mass is 267 g/mol. The lowest BCUT2D eigenvalue weighted by molar-refractivity contribution is -0.118. The first-order valence-corrected chi connectivity index (χ1v) is 6.69. The summed E-state index contributed by atoms with van der Waals surface area (Å²) in [7, 11) is 0. The van der Waals surface area contributed by atoms with E-state index in [1.165, 1.54) is 5.39 Å². The molecule has 0 aliphatic rings. The minimum Gasteiger partial charge on any atom is -0.370 e. The normalized spacial score (nSPS) is 12.8. The Labute approximate surface area is 116 Å². The molecule has 0 bridgehead atoms. The van der Waals surface area contributed by atoms with E-state index in [1.54, 1.807) is 0 Å². The zero-order chi connectivity index (χ0) is 14.1. The number of benzene rings is 2. The molecule has 0 spiro atoms. The van der Waals surface area contributed by atoms with E-state index >= 15 is 0 Å². The maximum absolute atomic E-state index is 10.8. The van der Waals surface area contributed by atoms with Crippen LogP contribution in [0.15, 0.2) is 42.5 Å². The highest BCUT2D eigenvalue weighted by Gasteiger charge is 2.10. The van der Waals surface area contributed by atoms with Gasteiger partial charge in [0.2, 0.25) is 5.91 Å². The van der Waals surface area contributed by atoms with Crippen molar-refractivity contribution in [2.75, 3.05) is 0 Å². The number of hydrogen-bond donors (Lipinski definition) is 3. The van der Waals surface area contributed by atoms with Crippen LogP contribution in [-0.2, 0) is 4.79 Å². The molecule has 0 saturated heterocycles. The van der Waals surface area contributed by atoms with Crippen LogP contribution >= 0.6 is 0 Å². The van der Waals surface area contributed by atoms with Gasteiger partial charge in [0.05, 0.1) is 0 Å². The second-order valence-electron chi connectivity index (χ2n) is 5.09. The Balaban J connectivity index is 2.01. The standard InChI is InChI=1S/C16H17N3O/c17-13(6-8-16(18)20)10-5-7-15-12(9-10)11-3-1-2-4-14(11)19-15/h1-5,7,9,13,19H,6,8,17H2,(H2,18,20). The number of amides is 1. The minimum atomic E-state index is -0.311. The first-order valence-electron chi connectivity index (χ1n) is 6.69. The highest BCUT2D eigenvalue weighted by Crippen LogP contribution is 2.28. The molecule has 1 unspecified atom stereocenters. The van der Waals surface area contributed by atoms with Crippen LogP contribution in [0.4, 0.5) is 0 Å². The van der Waals surface area contributed by atoms with Gasteiger partial charge in [0.15, 0.2) is 0 Å². The predicted molar refractivity (Wildman–Crippen MR) is 81.2 cm³/mol. The fraction of sp³-hybridized carbons (Fsp3) is 0.188. The lowest BCUT2D eigenvalue weighted by atomic mass is 10.0. The fourth-order valence-corrected chi connectivity index (χ4v) is 2.56. The smallest absolute Gasteiger partial charge is 0.217 e. The summed E-state index contributed by atoms with van der Waals surface area (Å²) >= 11 is 0. The van der Waals surface area contributed by atoms with Gasteiger partial charge in [0.25, 0.3) is 0 Å². The molecule has 0 fully saturated rings. The van der Waals surface area contributed by atoms with E-state index in [-0.39, 0.29) is 11.9 Å². The van der Waals surface area contributed by atoms with Crippen LogP contribution in [0.2, 0.25) is 0 Å². The Hall–Kier alpha value is -2.33. The van der Waals surface area contributed by atoms with Crippen LogP contribution in [0.3, 0.4) is 0 Å². The summed E-state index contributed by atoms with van der Waals surface area (Å²) in [6, 6.07) is 14.2. The third-order valence-electron chi connectivity index (χ3n) is 3.66. The van der Waals surface area contributed by atoms with Gasteiger partial charge < -0.3 is 16.5 Å². The second-order valence-corrected chi connectivity index (χ2v) is 5.09. The van der Waals surface area contributed by atoms with E-state index in [0.717, 1.165) is 22.0 Å². The van der Waals surface area contributed by atoms with E-state index in [9.17, 15) is 4.79 Å². The molecular formula is C16H17N3O. The number of fused-ring (bicyclic) bond motifs is 3. The number of H-pyrrole nitrogens is 1. The molecule has 1 amide bonds. The van der Waals surface area contributed by atoms with Crippen molar-refractivity contribution in [3.63, 3.8) is 0 Å². The molecule has 1 heterocycles. The molecule has 3 rings (SSSR count). The fourth-order valence-electron chi connectivity index (χ4n) is 2.56. The largest absolute Gasteiger partial charge is 0.370 e. The maximum atomic E-state index is 10.8. The molecule has 0 aliphatic heterocycles. The number of aromatic amines is 1. The van der Waals surface area contributed by atoms with Crippen LogP contribution in [0.5, 0.6) is 0 Å². The summed E-state index contributed by atoms with van der Waals surface area (Å²) in [5.74, 6) is -0.311. The highest BCUT2D eigenvalue weighted by atomic mass is 16.1. The van der Waals surface area contributed by atoms with Crippen molar-refractivity contribution in [3.8, 4) is 0 Å². The molecule has 4 heteroatoms. The number of hydrogen-bond acceptors (Lipinski definition) is 2. The van der Waals surface area contributed by atoms with Gasteiger partial charge in [-0.3, -0.25) is 4.79 Å². The summed E-state index contributed by atoms with van der Waals surface area (Å²) < 4.78 is 0.